The quantitative estimate of drug-likeness (QED) is 0.680. The first-order valence-corrected chi connectivity index (χ1v) is 10.9. The Morgan fingerprint density at radius 2 is 2.19 bits per heavy atom. The van der Waals surface area contributed by atoms with E-state index >= 15 is 0 Å². The maximum Gasteiger partial charge on any atom is 0.255 e. The lowest BCUT2D eigenvalue weighted by Crippen LogP contribution is -2.35. The van der Waals surface area contributed by atoms with Crippen molar-refractivity contribution in [2.75, 3.05) is 18.0 Å². The standard InChI is InChI=1S/C24H23FN6O/c1-2-15-5-4-9-30(14-15)21-8-10-31(29-21)20-11-18(28-19-13-27-24(32)23(19)20)22-16(12-26)6-3-7-17(22)25/h3,6-8,10-11,15H,2,4-5,9,13-14H2,1H3,(H,27,32). The van der Waals surface area contributed by atoms with E-state index in [1.54, 1.807) is 16.8 Å². The molecule has 1 N–H and O–H groups in total. The van der Waals surface area contributed by atoms with E-state index in [4.69, 9.17) is 5.10 Å². The van der Waals surface area contributed by atoms with Crippen LogP contribution < -0.4 is 10.2 Å². The normalized spacial score (nSPS) is 17.7. The fraction of sp³-hybridized carbons (Fsp3) is 0.333. The zero-order valence-electron chi connectivity index (χ0n) is 17.8. The Hall–Kier alpha value is -3.73. The Bertz CT molecular complexity index is 1240. The molecule has 8 heteroatoms. The van der Waals surface area contributed by atoms with Crippen LogP contribution in [0, 0.1) is 23.1 Å². The molecule has 1 amide bonds. The topological polar surface area (TPSA) is 86.8 Å². The maximum absolute atomic E-state index is 14.7. The number of hydrogen-bond acceptors (Lipinski definition) is 5. The van der Waals surface area contributed by atoms with Gasteiger partial charge < -0.3 is 10.2 Å². The van der Waals surface area contributed by atoms with E-state index in [1.165, 1.54) is 18.6 Å². The highest BCUT2D eigenvalue weighted by atomic mass is 19.1. The molecule has 2 aromatic heterocycles. The Morgan fingerprint density at radius 1 is 1.31 bits per heavy atom. The number of nitrogens with one attached hydrogen (secondary N) is 1. The summed E-state index contributed by atoms with van der Waals surface area (Å²) in [5.41, 5.74) is 2.13. The predicted molar refractivity (Wildman–Crippen MR) is 118 cm³/mol. The third-order valence-corrected chi connectivity index (χ3v) is 6.35. The minimum absolute atomic E-state index is 0.132. The third-order valence-electron chi connectivity index (χ3n) is 6.35. The minimum Gasteiger partial charge on any atom is -0.355 e. The summed E-state index contributed by atoms with van der Waals surface area (Å²) >= 11 is 0. The van der Waals surface area contributed by atoms with Crippen LogP contribution in [0.25, 0.3) is 16.9 Å². The summed E-state index contributed by atoms with van der Waals surface area (Å²) in [6, 6.07) is 9.99. The van der Waals surface area contributed by atoms with E-state index in [1.807, 2.05) is 18.3 Å². The van der Waals surface area contributed by atoms with Gasteiger partial charge in [-0.2, -0.15) is 10.4 Å². The van der Waals surface area contributed by atoms with Gasteiger partial charge in [0.05, 0.1) is 46.4 Å². The van der Waals surface area contributed by atoms with Crippen molar-refractivity contribution in [3.63, 3.8) is 0 Å². The van der Waals surface area contributed by atoms with Crippen molar-refractivity contribution in [1.82, 2.24) is 20.1 Å². The zero-order chi connectivity index (χ0) is 22.2. The number of halogens is 1. The number of carbonyl (C=O) groups is 1. The number of nitriles is 1. The van der Waals surface area contributed by atoms with Crippen molar-refractivity contribution >= 4 is 11.7 Å². The number of fused-ring (bicyclic) bond motifs is 1. The van der Waals surface area contributed by atoms with Crippen molar-refractivity contribution in [3.8, 4) is 23.0 Å². The summed E-state index contributed by atoms with van der Waals surface area (Å²) in [5, 5.41) is 17.0. The first-order chi connectivity index (χ1) is 15.6. The van der Waals surface area contributed by atoms with Crippen molar-refractivity contribution in [1.29, 1.82) is 5.26 Å². The monoisotopic (exact) mass is 430 g/mol. The van der Waals surface area contributed by atoms with Crippen LogP contribution in [0.3, 0.4) is 0 Å². The van der Waals surface area contributed by atoms with Crippen LogP contribution in [0.2, 0.25) is 0 Å². The van der Waals surface area contributed by atoms with Gasteiger partial charge in [-0.1, -0.05) is 19.4 Å². The SMILES string of the molecule is CCC1CCCN(c2ccn(-c3cc(-c4c(F)cccc4C#N)nc4c3C(=O)NC4)n2)C1. The molecule has 0 radical (unpaired) electrons. The number of rotatable bonds is 4. The maximum atomic E-state index is 14.7. The van der Waals surface area contributed by atoms with Gasteiger partial charge in [-0.05, 0) is 37.0 Å². The van der Waals surface area contributed by atoms with Gasteiger partial charge in [-0.3, -0.25) is 4.79 Å². The summed E-state index contributed by atoms with van der Waals surface area (Å²) in [6.45, 7) is 4.39. The fourth-order valence-corrected chi connectivity index (χ4v) is 4.62. The fourth-order valence-electron chi connectivity index (χ4n) is 4.62. The summed E-state index contributed by atoms with van der Waals surface area (Å²) in [5.74, 6) is 0.753. The van der Waals surface area contributed by atoms with Gasteiger partial charge in [0.15, 0.2) is 5.82 Å². The Morgan fingerprint density at radius 3 is 3.00 bits per heavy atom. The molecule has 2 aliphatic heterocycles. The van der Waals surface area contributed by atoms with Crippen LogP contribution in [0.4, 0.5) is 10.2 Å². The number of pyridine rings is 1. The number of amides is 1. The highest BCUT2D eigenvalue weighted by Gasteiger charge is 2.28. The molecular formula is C24H23FN6O. The Labute approximate surface area is 185 Å². The van der Waals surface area contributed by atoms with Crippen LogP contribution in [-0.2, 0) is 6.54 Å². The largest absolute Gasteiger partial charge is 0.355 e. The Kier molecular flexibility index (Phi) is 5.10. The highest BCUT2D eigenvalue weighted by molar-refractivity contribution is 6.01. The third kappa shape index (κ3) is 3.40. The number of anilines is 1. The number of carbonyl (C=O) groups excluding carboxylic acids is 1. The lowest BCUT2D eigenvalue weighted by molar-refractivity contribution is 0.0965. The smallest absolute Gasteiger partial charge is 0.255 e. The molecule has 0 bridgehead atoms. The molecule has 5 rings (SSSR count). The highest BCUT2D eigenvalue weighted by Crippen LogP contribution is 2.32. The van der Waals surface area contributed by atoms with E-state index in [9.17, 15) is 14.4 Å². The molecule has 7 nitrogen and oxygen atoms in total. The first kappa shape index (κ1) is 20.2. The second-order valence-electron chi connectivity index (χ2n) is 8.29. The summed E-state index contributed by atoms with van der Waals surface area (Å²) < 4.78 is 16.4. The number of benzene rings is 1. The summed E-state index contributed by atoms with van der Waals surface area (Å²) in [6.07, 6.45) is 5.33. The van der Waals surface area contributed by atoms with E-state index in [0.717, 1.165) is 31.7 Å². The van der Waals surface area contributed by atoms with Crippen molar-refractivity contribution in [2.24, 2.45) is 5.92 Å². The lowest BCUT2D eigenvalue weighted by Gasteiger charge is -2.32. The molecule has 0 saturated carbocycles. The lowest BCUT2D eigenvalue weighted by atomic mass is 9.96. The second-order valence-corrected chi connectivity index (χ2v) is 8.29. The van der Waals surface area contributed by atoms with Gasteiger partial charge in [0.25, 0.3) is 5.91 Å². The molecule has 32 heavy (non-hydrogen) atoms. The first-order valence-electron chi connectivity index (χ1n) is 10.9. The van der Waals surface area contributed by atoms with E-state index in [0.29, 0.717) is 28.6 Å². The van der Waals surface area contributed by atoms with E-state index in [-0.39, 0.29) is 23.6 Å². The molecule has 1 aromatic carbocycles. The van der Waals surface area contributed by atoms with Gasteiger partial charge in [-0.15, -0.1) is 0 Å². The molecule has 162 valence electrons. The molecule has 2 aliphatic rings. The molecule has 1 atom stereocenters. The molecule has 1 unspecified atom stereocenters. The molecule has 3 aromatic rings. The Balaban J connectivity index is 1.61. The molecular weight excluding hydrogens is 407 g/mol. The van der Waals surface area contributed by atoms with E-state index < -0.39 is 5.82 Å². The van der Waals surface area contributed by atoms with Crippen LogP contribution in [0.15, 0.2) is 36.5 Å². The van der Waals surface area contributed by atoms with Crippen molar-refractivity contribution in [2.45, 2.75) is 32.7 Å². The second kappa shape index (κ2) is 8.08. The molecule has 4 heterocycles. The molecule has 1 saturated heterocycles. The van der Waals surface area contributed by atoms with Crippen LogP contribution in [-0.4, -0.2) is 33.8 Å². The van der Waals surface area contributed by atoms with Crippen molar-refractivity contribution < 1.29 is 9.18 Å². The molecule has 1 fully saturated rings. The van der Waals surface area contributed by atoms with E-state index in [2.05, 4.69) is 22.1 Å². The number of aromatic nitrogens is 3. The van der Waals surface area contributed by atoms with Gasteiger partial charge in [0.1, 0.15) is 5.82 Å². The molecule has 0 aliphatic carbocycles. The molecule has 0 spiro atoms. The predicted octanol–water partition coefficient (Wildman–Crippen LogP) is 3.81. The average molecular weight is 430 g/mol. The van der Waals surface area contributed by atoms with Gasteiger partial charge >= 0.3 is 0 Å². The zero-order valence-corrected chi connectivity index (χ0v) is 17.8. The number of piperidine rings is 1. The number of hydrogen-bond donors (Lipinski definition) is 1. The van der Waals surface area contributed by atoms with Gasteiger partial charge in [0.2, 0.25) is 0 Å². The van der Waals surface area contributed by atoms with Crippen LogP contribution >= 0.6 is 0 Å². The number of nitrogens with zero attached hydrogens (tertiary/aromatic N) is 5. The van der Waals surface area contributed by atoms with Gasteiger partial charge in [-0.25, -0.2) is 14.1 Å². The van der Waals surface area contributed by atoms with Gasteiger partial charge in [0, 0.05) is 25.4 Å². The van der Waals surface area contributed by atoms with Crippen LogP contribution in [0.1, 0.15) is 47.8 Å². The van der Waals surface area contributed by atoms with Crippen LogP contribution in [0.5, 0.6) is 0 Å². The van der Waals surface area contributed by atoms with Crippen molar-refractivity contribution in [3.05, 3.63) is 59.2 Å². The summed E-state index contributed by atoms with van der Waals surface area (Å²) in [7, 11) is 0. The summed E-state index contributed by atoms with van der Waals surface area (Å²) in [4.78, 5) is 19.4. The average Bonchev–Trinajstić information content (AvgIpc) is 3.46. The minimum atomic E-state index is -0.528.